The number of amides is 1. The number of aromatic nitrogens is 4. The second-order valence-electron chi connectivity index (χ2n) is 5.45. The Balaban J connectivity index is 2.28. The van der Waals surface area contributed by atoms with E-state index in [4.69, 9.17) is 0 Å². The van der Waals surface area contributed by atoms with Gasteiger partial charge >= 0.3 is 0 Å². The summed E-state index contributed by atoms with van der Waals surface area (Å²) in [4.78, 5) is 25.4. The lowest BCUT2D eigenvalue weighted by Gasteiger charge is -2.19. The highest BCUT2D eigenvalue weighted by atomic mass is 32.1. The van der Waals surface area contributed by atoms with E-state index in [0.717, 1.165) is 30.1 Å². The third kappa shape index (κ3) is 3.92. The summed E-state index contributed by atoms with van der Waals surface area (Å²) in [5, 5.41) is 6.89. The molecule has 0 radical (unpaired) electrons. The number of carbonyl (C=O) groups excluding carboxylic acids is 1. The number of aryl methyl sites for hydroxylation is 1. The average molecular weight is 335 g/mol. The van der Waals surface area contributed by atoms with Crippen molar-refractivity contribution in [2.24, 2.45) is 0 Å². The van der Waals surface area contributed by atoms with Crippen molar-refractivity contribution in [2.45, 2.75) is 19.8 Å². The van der Waals surface area contributed by atoms with Crippen LogP contribution in [0.25, 0.3) is 0 Å². The molecule has 1 N–H and O–H groups in total. The quantitative estimate of drug-likeness (QED) is 0.859. The van der Waals surface area contributed by atoms with Crippen LogP contribution in [0.5, 0.6) is 0 Å². The van der Waals surface area contributed by atoms with Gasteiger partial charge < -0.3 is 15.1 Å². The molecular weight excluding hydrogens is 314 g/mol. The zero-order valence-corrected chi connectivity index (χ0v) is 14.8. The largest absolute Gasteiger partial charge is 0.361 e. The first-order chi connectivity index (χ1) is 10.9. The van der Waals surface area contributed by atoms with Gasteiger partial charge in [-0.25, -0.2) is 4.98 Å². The summed E-state index contributed by atoms with van der Waals surface area (Å²) in [6.45, 7) is 2.04. The fourth-order valence-electron chi connectivity index (χ4n) is 1.97. The molecule has 0 spiro atoms. The van der Waals surface area contributed by atoms with Crippen LogP contribution in [0.4, 0.5) is 17.5 Å². The lowest BCUT2D eigenvalue weighted by atomic mass is 10.2. The van der Waals surface area contributed by atoms with Gasteiger partial charge in [-0.2, -0.15) is 4.98 Å². The highest BCUT2D eigenvalue weighted by molar-refractivity contribution is 7.08. The van der Waals surface area contributed by atoms with Crippen LogP contribution in [0.1, 0.15) is 28.7 Å². The molecular formula is C14H21N7OS. The van der Waals surface area contributed by atoms with Crippen LogP contribution in [0.3, 0.4) is 0 Å². The molecule has 2 rings (SSSR count). The minimum Gasteiger partial charge on any atom is -0.361 e. The molecule has 0 bridgehead atoms. The molecule has 124 valence electrons. The van der Waals surface area contributed by atoms with Crippen molar-refractivity contribution >= 4 is 34.9 Å². The Morgan fingerprint density at radius 3 is 2.61 bits per heavy atom. The molecule has 0 aliphatic heterocycles. The molecule has 8 nitrogen and oxygen atoms in total. The molecule has 0 saturated carbocycles. The van der Waals surface area contributed by atoms with Crippen molar-refractivity contribution in [3.8, 4) is 0 Å². The van der Waals surface area contributed by atoms with Crippen LogP contribution in [0, 0.1) is 0 Å². The minimum atomic E-state index is -0.229. The monoisotopic (exact) mass is 335 g/mol. The van der Waals surface area contributed by atoms with Gasteiger partial charge in [-0.15, -0.1) is 5.10 Å². The van der Waals surface area contributed by atoms with E-state index >= 15 is 0 Å². The van der Waals surface area contributed by atoms with E-state index in [2.05, 4.69) is 24.9 Å². The third-order valence-corrected chi connectivity index (χ3v) is 3.84. The van der Waals surface area contributed by atoms with Crippen LogP contribution >= 0.6 is 11.5 Å². The molecule has 0 aliphatic carbocycles. The van der Waals surface area contributed by atoms with Crippen molar-refractivity contribution < 1.29 is 4.79 Å². The summed E-state index contributed by atoms with van der Waals surface area (Å²) in [6.07, 6.45) is 3.26. The lowest BCUT2D eigenvalue weighted by Crippen LogP contribution is -2.21. The lowest BCUT2D eigenvalue weighted by molar-refractivity contribution is 0.102. The van der Waals surface area contributed by atoms with E-state index < -0.39 is 0 Å². The topological polar surface area (TPSA) is 87.1 Å². The molecule has 0 aliphatic rings. The van der Waals surface area contributed by atoms with E-state index in [1.165, 1.54) is 0 Å². The Labute approximate surface area is 139 Å². The number of hydrogen-bond acceptors (Lipinski definition) is 8. The van der Waals surface area contributed by atoms with E-state index in [0.29, 0.717) is 22.3 Å². The van der Waals surface area contributed by atoms with Gasteiger partial charge in [0.15, 0.2) is 5.82 Å². The summed E-state index contributed by atoms with van der Waals surface area (Å²) in [5.41, 5.74) is 1.29. The Kier molecular flexibility index (Phi) is 5.43. The fourth-order valence-corrected chi connectivity index (χ4v) is 2.57. The number of nitrogens with one attached hydrogen (secondary N) is 1. The molecule has 0 atom stereocenters. The van der Waals surface area contributed by atoms with Crippen molar-refractivity contribution in [3.63, 3.8) is 0 Å². The molecule has 0 saturated heterocycles. The van der Waals surface area contributed by atoms with Gasteiger partial charge in [0.25, 0.3) is 5.91 Å². The van der Waals surface area contributed by atoms with E-state index in [1.54, 1.807) is 6.20 Å². The number of hydrogen-bond donors (Lipinski definition) is 1. The Morgan fingerprint density at radius 1 is 1.26 bits per heavy atom. The number of carbonyl (C=O) groups is 1. The zero-order valence-electron chi connectivity index (χ0n) is 14.0. The fraction of sp³-hybridized carbons (Fsp3) is 0.500. The molecule has 0 fully saturated rings. The Morgan fingerprint density at radius 2 is 2.00 bits per heavy atom. The van der Waals surface area contributed by atoms with Crippen LogP contribution in [0.15, 0.2) is 6.20 Å². The maximum Gasteiger partial charge on any atom is 0.269 e. The van der Waals surface area contributed by atoms with Crippen LogP contribution < -0.4 is 15.1 Å². The highest BCUT2D eigenvalue weighted by Gasteiger charge is 2.19. The number of nitrogens with zero attached hydrogens (tertiary/aromatic N) is 6. The first-order valence-corrected chi connectivity index (χ1v) is 8.05. The second kappa shape index (κ2) is 7.32. The summed E-state index contributed by atoms with van der Waals surface area (Å²) in [6, 6.07) is 0. The Hall–Kier alpha value is -2.29. The highest BCUT2D eigenvalue weighted by Crippen LogP contribution is 2.24. The molecule has 2 heterocycles. The van der Waals surface area contributed by atoms with Gasteiger partial charge in [-0.1, -0.05) is 17.8 Å². The summed E-state index contributed by atoms with van der Waals surface area (Å²) < 4.78 is 3.88. The van der Waals surface area contributed by atoms with Gasteiger partial charge in [0.1, 0.15) is 10.6 Å². The standard InChI is InChI=1S/C14H21N7OS/c1-6-7-9-11(23-19-18-9)13(22)16-10-8-15-14(21(4)5)17-12(10)20(2)3/h8H,6-7H2,1-5H3,(H,16,22). The predicted octanol–water partition coefficient (Wildman–Crippen LogP) is 1.66. The van der Waals surface area contributed by atoms with Gasteiger partial charge in [-0.05, 0) is 18.0 Å². The van der Waals surface area contributed by atoms with Crippen molar-refractivity contribution in [3.05, 3.63) is 16.8 Å². The van der Waals surface area contributed by atoms with Gasteiger partial charge in [0.05, 0.1) is 11.9 Å². The second-order valence-corrected chi connectivity index (χ2v) is 6.20. The molecule has 9 heteroatoms. The van der Waals surface area contributed by atoms with Crippen molar-refractivity contribution in [1.82, 2.24) is 19.6 Å². The SMILES string of the molecule is CCCc1nnsc1C(=O)Nc1cnc(N(C)C)nc1N(C)C. The number of rotatable bonds is 6. The molecule has 0 aromatic carbocycles. The smallest absolute Gasteiger partial charge is 0.269 e. The van der Waals surface area contributed by atoms with Crippen LogP contribution in [-0.2, 0) is 6.42 Å². The molecule has 1 amide bonds. The maximum absolute atomic E-state index is 12.5. The Bertz CT molecular complexity index is 684. The average Bonchev–Trinajstić information content (AvgIpc) is 2.96. The van der Waals surface area contributed by atoms with Gasteiger partial charge in [0.2, 0.25) is 5.95 Å². The van der Waals surface area contributed by atoms with Crippen molar-refractivity contribution in [2.75, 3.05) is 43.3 Å². The first kappa shape index (κ1) is 17.1. The van der Waals surface area contributed by atoms with E-state index in [9.17, 15) is 4.79 Å². The summed E-state index contributed by atoms with van der Waals surface area (Å²) >= 11 is 1.10. The number of anilines is 3. The molecule has 23 heavy (non-hydrogen) atoms. The van der Waals surface area contributed by atoms with E-state index in [-0.39, 0.29) is 5.91 Å². The summed E-state index contributed by atoms with van der Waals surface area (Å²) in [5.74, 6) is 0.997. The van der Waals surface area contributed by atoms with Crippen LogP contribution in [-0.4, -0.2) is 53.7 Å². The van der Waals surface area contributed by atoms with E-state index in [1.807, 2.05) is 44.9 Å². The minimum absolute atomic E-state index is 0.229. The summed E-state index contributed by atoms with van der Waals surface area (Å²) in [7, 11) is 7.47. The molecule has 2 aromatic heterocycles. The zero-order chi connectivity index (χ0) is 17.0. The van der Waals surface area contributed by atoms with Gasteiger partial charge in [0, 0.05) is 28.2 Å². The first-order valence-electron chi connectivity index (χ1n) is 7.28. The molecule has 2 aromatic rings. The third-order valence-electron chi connectivity index (χ3n) is 3.08. The van der Waals surface area contributed by atoms with Crippen LogP contribution in [0.2, 0.25) is 0 Å². The maximum atomic E-state index is 12.5. The van der Waals surface area contributed by atoms with Crippen molar-refractivity contribution in [1.29, 1.82) is 0 Å². The van der Waals surface area contributed by atoms with Gasteiger partial charge in [-0.3, -0.25) is 4.79 Å². The normalized spacial score (nSPS) is 10.5. The molecule has 0 unspecified atom stereocenters. The predicted molar refractivity (Wildman–Crippen MR) is 92.5 cm³/mol.